The molecule has 1 heteroatoms. The molecule has 0 amide bonds. The molecule has 0 rings (SSSR count). The average molecular weight is 121 g/mol. The molecule has 0 aliphatic heterocycles. The first-order valence-corrected chi connectivity index (χ1v) is 3.08. The van der Waals surface area contributed by atoms with Gasteiger partial charge in [-0.25, -0.2) is 0 Å². The van der Waals surface area contributed by atoms with E-state index in [4.69, 9.17) is 5.26 Å². The van der Waals surface area contributed by atoms with Crippen molar-refractivity contribution in [1.82, 2.24) is 0 Å². The van der Waals surface area contributed by atoms with Gasteiger partial charge in [0.05, 0.1) is 6.07 Å². The normalized spacial score (nSPS) is 11.9. The maximum absolute atomic E-state index is 8.42. The summed E-state index contributed by atoms with van der Waals surface area (Å²) in [6, 6.07) is 2.08. The van der Waals surface area contributed by atoms with Crippen LogP contribution in [0.15, 0.2) is 23.8 Å². The van der Waals surface area contributed by atoms with E-state index < -0.39 is 0 Å². The zero-order chi connectivity index (χ0) is 7.11. The second-order valence-corrected chi connectivity index (χ2v) is 1.68. The van der Waals surface area contributed by atoms with Crippen LogP contribution in [0.2, 0.25) is 0 Å². The SMILES string of the molecule is C/C=C/C(C#N)=C\CC. The van der Waals surface area contributed by atoms with E-state index in [1.54, 1.807) is 0 Å². The van der Waals surface area contributed by atoms with E-state index in [0.717, 1.165) is 12.0 Å². The van der Waals surface area contributed by atoms with Crippen molar-refractivity contribution in [3.05, 3.63) is 23.8 Å². The number of hydrogen-bond donors (Lipinski definition) is 0. The van der Waals surface area contributed by atoms with E-state index in [2.05, 4.69) is 6.07 Å². The van der Waals surface area contributed by atoms with Crippen LogP contribution in [0.3, 0.4) is 0 Å². The summed E-state index contributed by atoms with van der Waals surface area (Å²) in [5.74, 6) is 0. The molecule has 0 aromatic carbocycles. The van der Waals surface area contributed by atoms with Crippen LogP contribution < -0.4 is 0 Å². The molecule has 0 saturated heterocycles. The van der Waals surface area contributed by atoms with Gasteiger partial charge in [-0.1, -0.05) is 19.1 Å². The zero-order valence-electron chi connectivity index (χ0n) is 5.89. The van der Waals surface area contributed by atoms with Crippen molar-refractivity contribution in [2.45, 2.75) is 20.3 Å². The van der Waals surface area contributed by atoms with Crippen molar-refractivity contribution in [2.24, 2.45) is 0 Å². The minimum absolute atomic E-state index is 0.750. The van der Waals surface area contributed by atoms with E-state index in [1.165, 1.54) is 0 Å². The van der Waals surface area contributed by atoms with Crippen LogP contribution in [-0.2, 0) is 0 Å². The standard InChI is InChI=1S/C8H11N/c1-3-5-8(7-9)6-4-2/h3,5-6H,4H2,1-2H3/b5-3+,8-6+. The predicted molar refractivity (Wildman–Crippen MR) is 38.8 cm³/mol. The maximum Gasteiger partial charge on any atom is 0.0988 e. The highest BCUT2D eigenvalue weighted by Gasteiger charge is 1.82. The van der Waals surface area contributed by atoms with Crippen molar-refractivity contribution in [1.29, 1.82) is 5.26 Å². The smallest absolute Gasteiger partial charge is 0.0988 e. The van der Waals surface area contributed by atoms with Gasteiger partial charge in [0.1, 0.15) is 0 Å². The van der Waals surface area contributed by atoms with Crippen molar-refractivity contribution < 1.29 is 0 Å². The molecule has 0 bridgehead atoms. The van der Waals surface area contributed by atoms with Gasteiger partial charge in [-0.3, -0.25) is 0 Å². The first-order valence-electron chi connectivity index (χ1n) is 3.08. The van der Waals surface area contributed by atoms with Crippen molar-refractivity contribution in [3.63, 3.8) is 0 Å². The Kier molecular flexibility index (Phi) is 4.53. The van der Waals surface area contributed by atoms with Crippen LogP contribution in [0.1, 0.15) is 20.3 Å². The van der Waals surface area contributed by atoms with E-state index in [-0.39, 0.29) is 0 Å². The fraction of sp³-hybridized carbons (Fsp3) is 0.375. The van der Waals surface area contributed by atoms with Crippen molar-refractivity contribution >= 4 is 0 Å². The Balaban J connectivity index is 4.02. The van der Waals surface area contributed by atoms with Gasteiger partial charge in [0.15, 0.2) is 0 Å². The highest BCUT2D eigenvalue weighted by atomic mass is 14.2. The van der Waals surface area contributed by atoms with Crippen LogP contribution in [0.4, 0.5) is 0 Å². The first kappa shape index (κ1) is 7.97. The molecule has 0 aromatic heterocycles. The Morgan fingerprint density at radius 3 is 2.67 bits per heavy atom. The Bertz CT molecular complexity index is 158. The van der Waals surface area contributed by atoms with Crippen molar-refractivity contribution in [3.8, 4) is 6.07 Å². The van der Waals surface area contributed by atoms with E-state index in [1.807, 2.05) is 32.1 Å². The minimum Gasteiger partial charge on any atom is -0.192 e. The zero-order valence-corrected chi connectivity index (χ0v) is 5.89. The van der Waals surface area contributed by atoms with Gasteiger partial charge in [0.25, 0.3) is 0 Å². The van der Waals surface area contributed by atoms with E-state index in [0.29, 0.717) is 0 Å². The third kappa shape index (κ3) is 3.54. The third-order valence-corrected chi connectivity index (χ3v) is 0.899. The second-order valence-electron chi connectivity index (χ2n) is 1.68. The average Bonchev–Trinajstić information content (AvgIpc) is 1.88. The lowest BCUT2D eigenvalue weighted by atomic mass is 10.2. The molecule has 48 valence electrons. The van der Waals surface area contributed by atoms with Crippen molar-refractivity contribution in [2.75, 3.05) is 0 Å². The lowest BCUT2D eigenvalue weighted by Gasteiger charge is -1.82. The number of allylic oxidation sites excluding steroid dienone is 4. The van der Waals surface area contributed by atoms with Crippen LogP contribution in [-0.4, -0.2) is 0 Å². The molecule has 0 aromatic rings. The fourth-order valence-corrected chi connectivity index (χ4v) is 0.550. The summed E-state index contributed by atoms with van der Waals surface area (Å²) >= 11 is 0. The molecule has 0 aliphatic carbocycles. The Morgan fingerprint density at radius 2 is 2.33 bits per heavy atom. The Hall–Kier alpha value is -1.03. The highest BCUT2D eigenvalue weighted by Crippen LogP contribution is 1.95. The van der Waals surface area contributed by atoms with Crippen LogP contribution in [0.5, 0.6) is 0 Å². The summed E-state index contributed by atoms with van der Waals surface area (Å²) in [7, 11) is 0. The third-order valence-electron chi connectivity index (χ3n) is 0.899. The topological polar surface area (TPSA) is 23.8 Å². The molecule has 0 N–H and O–H groups in total. The number of hydrogen-bond acceptors (Lipinski definition) is 1. The van der Waals surface area contributed by atoms with Crippen LogP contribution in [0, 0.1) is 11.3 Å². The second kappa shape index (κ2) is 5.11. The summed E-state index contributed by atoms with van der Waals surface area (Å²) in [5.41, 5.74) is 0.750. The predicted octanol–water partition coefficient (Wildman–Crippen LogP) is 2.42. The van der Waals surface area contributed by atoms with Gasteiger partial charge in [-0.2, -0.15) is 5.26 Å². The molecule has 1 nitrogen and oxygen atoms in total. The summed E-state index contributed by atoms with van der Waals surface area (Å²) in [6.45, 7) is 3.92. The van der Waals surface area contributed by atoms with Gasteiger partial charge < -0.3 is 0 Å². The summed E-state index contributed by atoms with van der Waals surface area (Å²) in [4.78, 5) is 0. The van der Waals surface area contributed by atoms with Crippen LogP contribution in [0.25, 0.3) is 0 Å². The molecule has 0 heterocycles. The van der Waals surface area contributed by atoms with Gasteiger partial charge >= 0.3 is 0 Å². The molecule has 0 atom stereocenters. The maximum atomic E-state index is 8.42. The van der Waals surface area contributed by atoms with E-state index >= 15 is 0 Å². The van der Waals surface area contributed by atoms with Crippen LogP contribution >= 0.6 is 0 Å². The molecule has 9 heavy (non-hydrogen) atoms. The fourth-order valence-electron chi connectivity index (χ4n) is 0.550. The summed E-state index contributed by atoms with van der Waals surface area (Å²) < 4.78 is 0. The van der Waals surface area contributed by atoms with Gasteiger partial charge in [0, 0.05) is 5.57 Å². The van der Waals surface area contributed by atoms with E-state index in [9.17, 15) is 0 Å². The molecule has 0 fully saturated rings. The van der Waals surface area contributed by atoms with Gasteiger partial charge in [-0.05, 0) is 19.4 Å². The number of rotatable bonds is 2. The molecular formula is C8H11N. The molecule has 0 saturated carbocycles. The summed E-state index contributed by atoms with van der Waals surface area (Å²) in [6.07, 6.45) is 6.50. The molecule has 0 radical (unpaired) electrons. The Labute approximate surface area is 56.3 Å². The number of nitrogens with zero attached hydrogens (tertiary/aromatic N) is 1. The Morgan fingerprint density at radius 1 is 1.67 bits per heavy atom. The first-order chi connectivity index (χ1) is 4.35. The molecule has 0 unspecified atom stereocenters. The van der Waals surface area contributed by atoms with Gasteiger partial charge in [-0.15, -0.1) is 0 Å². The van der Waals surface area contributed by atoms with Gasteiger partial charge in [0.2, 0.25) is 0 Å². The highest BCUT2D eigenvalue weighted by molar-refractivity contribution is 5.31. The minimum atomic E-state index is 0.750. The molecule has 0 aliphatic rings. The molecular weight excluding hydrogens is 110 g/mol. The number of nitriles is 1. The monoisotopic (exact) mass is 121 g/mol. The lowest BCUT2D eigenvalue weighted by molar-refractivity contribution is 1.21. The molecule has 0 spiro atoms. The lowest BCUT2D eigenvalue weighted by Crippen LogP contribution is -1.68. The quantitative estimate of drug-likeness (QED) is 0.406. The summed E-state index contributed by atoms with van der Waals surface area (Å²) in [5, 5.41) is 8.42. The largest absolute Gasteiger partial charge is 0.192 e.